The minimum Gasteiger partial charge on any atom is -0.480 e. The molecular formula is C12H19N3O4. The van der Waals surface area contributed by atoms with Crippen molar-refractivity contribution in [3.8, 4) is 0 Å². The van der Waals surface area contributed by atoms with Gasteiger partial charge in [-0.05, 0) is 25.7 Å². The number of carboxylic acids is 1. The van der Waals surface area contributed by atoms with Crippen LogP contribution in [0.4, 0.5) is 4.79 Å². The fraction of sp³-hybridized carbons (Fsp3) is 0.750. The van der Waals surface area contributed by atoms with E-state index in [1.807, 2.05) is 0 Å². The molecule has 0 unspecified atom stereocenters. The number of hydrogen-bond acceptors (Lipinski definition) is 3. The first-order valence-corrected chi connectivity index (χ1v) is 6.64. The van der Waals surface area contributed by atoms with Gasteiger partial charge in [0.25, 0.3) is 0 Å². The van der Waals surface area contributed by atoms with E-state index >= 15 is 0 Å². The van der Waals surface area contributed by atoms with E-state index < -0.39 is 18.0 Å². The Balaban J connectivity index is 1.68. The van der Waals surface area contributed by atoms with E-state index in [0.29, 0.717) is 25.4 Å². The first-order valence-electron chi connectivity index (χ1n) is 6.64. The standard InChI is InChI=1S/C12H19N3O4/c16-10(14-8-3-4-8)5-6-13-12(19)15-7-1-2-9(15)11(17)18/h8-9H,1-7H2,(H,13,19)(H,14,16)(H,17,18)/t9-/m0/s1. The molecule has 2 fully saturated rings. The Morgan fingerprint density at radius 2 is 1.95 bits per heavy atom. The van der Waals surface area contributed by atoms with Crippen molar-refractivity contribution in [2.45, 2.75) is 44.2 Å². The summed E-state index contributed by atoms with van der Waals surface area (Å²) in [5.74, 6) is -1.04. The zero-order chi connectivity index (χ0) is 13.8. The molecule has 1 heterocycles. The average molecular weight is 269 g/mol. The van der Waals surface area contributed by atoms with Gasteiger partial charge in [-0.1, -0.05) is 0 Å². The lowest BCUT2D eigenvalue weighted by Crippen LogP contribution is -2.46. The predicted octanol–water partition coefficient (Wildman–Crippen LogP) is -0.0863. The first kappa shape index (κ1) is 13.6. The fourth-order valence-corrected chi connectivity index (χ4v) is 2.18. The van der Waals surface area contributed by atoms with E-state index in [9.17, 15) is 14.4 Å². The molecule has 1 atom stereocenters. The van der Waals surface area contributed by atoms with Crippen molar-refractivity contribution >= 4 is 17.9 Å². The Kier molecular flexibility index (Phi) is 4.24. The number of rotatable bonds is 5. The van der Waals surface area contributed by atoms with Crippen LogP contribution in [-0.2, 0) is 9.59 Å². The van der Waals surface area contributed by atoms with Gasteiger partial charge in [0.2, 0.25) is 5.91 Å². The van der Waals surface area contributed by atoms with Crippen LogP contribution >= 0.6 is 0 Å². The van der Waals surface area contributed by atoms with Crippen molar-refractivity contribution in [1.29, 1.82) is 0 Å². The summed E-state index contributed by atoms with van der Waals surface area (Å²) < 4.78 is 0. The van der Waals surface area contributed by atoms with Crippen molar-refractivity contribution in [1.82, 2.24) is 15.5 Å². The topological polar surface area (TPSA) is 98.7 Å². The Morgan fingerprint density at radius 1 is 1.21 bits per heavy atom. The predicted molar refractivity (Wildman–Crippen MR) is 66.5 cm³/mol. The average Bonchev–Trinajstić information content (AvgIpc) is 3.01. The highest BCUT2D eigenvalue weighted by molar-refractivity contribution is 5.83. The van der Waals surface area contributed by atoms with Crippen LogP contribution in [0.3, 0.4) is 0 Å². The molecule has 1 saturated heterocycles. The number of carbonyl (C=O) groups is 3. The van der Waals surface area contributed by atoms with Gasteiger partial charge >= 0.3 is 12.0 Å². The van der Waals surface area contributed by atoms with Crippen LogP contribution in [0.25, 0.3) is 0 Å². The van der Waals surface area contributed by atoms with E-state index in [1.54, 1.807) is 0 Å². The number of urea groups is 1. The number of nitrogens with one attached hydrogen (secondary N) is 2. The van der Waals surface area contributed by atoms with Crippen molar-refractivity contribution in [2.75, 3.05) is 13.1 Å². The van der Waals surface area contributed by atoms with Gasteiger partial charge in [0.05, 0.1) is 0 Å². The molecular weight excluding hydrogens is 250 g/mol. The SMILES string of the molecule is O=C(CCNC(=O)N1CCC[C@H]1C(=O)O)NC1CC1. The van der Waals surface area contributed by atoms with Gasteiger partial charge in [-0.2, -0.15) is 0 Å². The number of nitrogens with zero attached hydrogens (tertiary/aromatic N) is 1. The molecule has 7 heteroatoms. The summed E-state index contributed by atoms with van der Waals surface area (Å²) in [5.41, 5.74) is 0. The molecule has 0 aromatic rings. The maximum Gasteiger partial charge on any atom is 0.326 e. The van der Waals surface area contributed by atoms with Crippen molar-refractivity contribution in [3.05, 3.63) is 0 Å². The van der Waals surface area contributed by atoms with Crippen LogP contribution < -0.4 is 10.6 Å². The molecule has 1 saturated carbocycles. The Bertz CT molecular complexity index is 381. The lowest BCUT2D eigenvalue weighted by molar-refractivity contribution is -0.141. The van der Waals surface area contributed by atoms with Crippen LogP contribution in [0.5, 0.6) is 0 Å². The quantitative estimate of drug-likeness (QED) is 0.649. The van der Waals surface area contributed by atoms with E-state index in [1.165, 1.54) is 4.90 Å². The van der Waals surface area contributed by atoms with Crippen LogP contribution in [0.15, 0.2) is 0 Å². The molecule has 0 radical (unpaired) electrons. The van der Waals surface area contributed by atoms with Crippen LogP contribution in [0, 0.1) is 0 Å². The van der Waals surface area contributed by atoms with E-state index in [-0.39, 0.29) is 18.9 Å². The number of amides is 3. The number of aliphatic carboxylic acids is 1. The highest BCUT2D eigenvalue weighted by Gasteiger charge is 2.33. The summed E-state index contributed by atoms with van der Waals surface area (Å²) in [4.78, 5) is 35.5. The Morgan fingerprint density at radius 3 is 2.58 bits per heavy atom. The third-order valence-electron chi connectivity index (χ3n) is 3.37. The maximum absolute atomic E-state index is 11.8. The molecule has 3 N–H and O–H groups in total. The molecule has 2 aliphatic rings. The first-order chi connectivity index (χ1) is 9.08. The van der Waals surface area contributed by atoms with Crippen molar-refractivity contribution < 1.29 is 19.5 Å². The van der Waals surface area contributed by atoms with Gasteiger partial charge < -0.3 is 20.6 Å². The van der Waals surface area contributed by atoms with Gasteiger partial charge in [-0.15, -0.1) is 0 Å². The molecule has 0 bridgehead atoms. The fourth-order valence-electron chi connectivity index (χ4n) is 2.18. The lowest BCUT2D eigenvalue weighted by Gasteiger charge is -2.21. The summed E-state index contributed by atoms with van der Waals surface area (Å²) in [6.45, 7) is 0.692. The van der Waals surface area contributed by atoms with Gasteiger partial charge in [0, 0.05) is 25.6 Å². The zero-order valence-corrected chi connectivity index (χ0v) is 10.7. The summed E-state index contributed by atoms with van der Waals surface area (Å²) in [6.07, 6.45) is 3.49. The van der Waals surface area contributed by atoms with Crippen LogP contribution in [-0.4, -0.2) is 53.1 Å². The Labute approximate surface area is 111 Å². The number of likely N-dealkylation sites (tertiary alicyclic amines) is 1. The molecule has 106 valence electrons. The molecule has 19 heavy (non-hydrogen) atoms. The molecule has 2 rings (SSSR count). The van der Waals surface area contributed by atoms with Gasteiger partial charge in [-0.25, -0.2) is 9.59 Å². The molecule has 3 amide bonds. The van der Waals surface area contributed by atoms with E-state index in [0.717, 1.165) is 12.8 Å². The number of carbonyl (C=O) groups excluding carboxylic acids is 2. The highest BCUT2D eigenvalue weighted by Crippen LogP contribution is 2.18. The van der Waals surface area contributed by atoms with E-state index in [2.05, 4.69) is 10.6 Å². The molecule has 1 aliphatic carbocycles. The van der Waals surface area contributed by atoms with Crippen molar-refractivity contribution in [2.24, 2.45) is 0 Å². The minimum absolute atomic E-state index is 0.0704. The monoisotopic (exact) mass is 269 g/mol. The summed E-state index contributed by atoms with van der Waals surface area (Å²) in [5, 5.41) is 14.4. The van der Waals surface area contributed by atoms with Gasteiger partial charge in [0.1, 0.15) is 6.04 Å². The lowest BCUT2D eigenvalue weighted by atomic mass is 10.2. The second kappa shape index (κ2) is 5.90. The number of hydrogen-bond donors (Lipinski definition) is 3. The molecule has 0 aromatic heterocycles. The third-order valence-corrected chi connectivity index (χ3v) is 3.37. The summed E-state index contributed by atoms with van der Waals surface area (Å²) >= 11 is 0. The van der Waals surface area contributed by atoms with Crippen LogP contribution in [0.1, 0.15) is 32.1 Å². The second-order valence-electron chi connectivity index (χ2n) is 5.01. The third kappa shape index (κ3) is 3.84. The molecule has 7 nitrogen and oxygen atoms in total. The number of carboxylic acid groups (broad SMARTS) is 1. The normalized spacial score (nSPS) is 22.1. The summed E-state index contributed by atoms with van der Waals surface area (Å²) in [6, 6.07) is -0.817. The second-order valence-corrected chi connectivity index (χ2v) is 5.01. The summed E-state index contributed by atoms with van der Waals surface area (Å²) in [7, 11) is 0. The van der Waals surface area contributed by atoms with Crippen LogP contribution in [0.2, 0.25) is 0 Å². The highest BCUT2D eigenvalue weighted by atomic mass is 16.4. The van der Waals surface area contributed by atoms with E-state index in [4.69, 9.17) is 5.11 Å². The van der Waals surface area contributed by atoms with Gasteiger partial charge in [0.15, 0.2) is 0 Å². The molecule has 0 aromatic carbocycles. The van der Waals surface area contributed by atoms with Gasteiger partial charge in [-0.3, -0.25) is 4.79 Å². The largest absolute Gasteiger partial charge is 0.480 e. The smallest absolute Gasteiger partial charge is 0.326 e. The molecule has 0 spiro atoms. The minimum atomic E-state index is -0.973. The molecule has 1 aliphatic heterocycles. The van der Waals surface area contributed by atoms with Crippen molar-refractivity contribution in [3.63, 3.8) is 0 Å². The Hall–Kier alpha value is -1.79. The maximum atomic E-state index is 11.8. The zero-order valence-electron chi connectivity index (χ0n) is 10.7.